The number of amides is 8. The molecule has 25 N–H and O–H groups in total. The van der Waals surface area contributed by atoms with Gasteiger partial charge >= 0.3 is 5.97 Å². The van der Waals surface area contributed by atoms with Gasteiger partial charge in [-0.2, -0.15) is 0 Å². The van der Waals surface area contributed by atoms with E-state index in [1.807, 2.05) is 48.5 Å². The molecule has 0 bridgehead atoms. The van der Waals surface area contributed by atoms with Crippen molar-refractivity contribution >= 4 is 122 Å². The van der Waals surface area contributed by atoms with Crippen molar-refractivity contribution in [2.45, 2.75) is 81.3 Å². The molecule has 2 aromatic heterocycles. The van der Waals surface area contributed by atoms with Crippen LogP contribution in [-0.4, -0.2) is 171 Å². The van der Waals surface area contributed by atoms with E-state index >= 15 is 0 Å². The highest BCUT2D eigenvalue weighted by molar-refractivity contribution is 6.08. The summed E-state index contributed by atoms with van der Waals surface area (Å²) < 4.78 is 22.2. The summed E-state index contributed by atoms with van der Waals surface area (Å²) in [7, 11) is 5.29. The van der Waals surface area contributed by atoms with Crippen LogP contribution in [0.1, 0.15) is 87.1 Å². The molecule has 1 aliphatic carbocycles. The van der Waals surface area contributed by atoms with E-state index in [9.17, 15) is 48.3 Å². The first kappa shape index (κ1) is 80.2. The Balaban J connectivity index is 0.963. The van der Waals surface area contributed by atoms with E-state index in [-0.39, 0.29) is 145 Å². The Morgan fingerprint density at radius 3 is 1.30 bits per heavy atom. The van der Waals surface area contributed by atoms with Crippen molar-refractivity contribution in [3.63, 3.8) is 0 Å². The number of anilines is 3. The number of rotatable bonds is 37. The Kier molecular flexibility index (Phi) is 28.8. The number of hydrogen-bond donors (Lipinski definition) is 21. The molecule has 5 aromatic carbocycles. The number of benzene rings is 5. The normalized spacial score (nSPS) is 13.9. The molecule has 34 nitrogen and oxygen atoms in total. The quantitative estimate of drug-likeness (QED) is 0.0150. The highest BCUT2D eigenvalue weighted by atomic mass is 16.5. The average molecular weight is 1480 g/mol. The van der Waals surface area contributed by atoms with Crippen LogP contribution in [-0.2, 0) is 33.5 Å². The highest BCUT2D eigenvalue weighted by Gasteiger charge is 2.32. The maximum absolute atomic E-state index is 14.5. The predicted molar refractivity (Wildman–Crippen MR) is 408 cm³/mol. The Morgan fingerprint density at radius 1 is 0.519 bits per heavy atom. The van der Waals surface area contributed by atoms with E-state index in [0.717, 1.165) is 27.4 Å². The molecule has 34 heteroatoms. The fraction of sp³-hybridized carbons (Fsp3) is 0.270. The summed E-state index contributed by atoms with van der Waals surface area (Å²) in [5.41, 5.74) is 26.1. The topological polar surface area (TPSA) is 550 Å². The minimum Gasteiger partial charge on any atom is -0.496 e. The zero-order chi connectivity index (χ0) is 78.0. The molecule has 108 heavy (non-hydrogen) atoms. The third-order valence-corrected chi connectivity index (χ3v) is 17.0. The Hall–Kier alpha value is -13.5. The van der Waals surface area contributed by atoms with Crippen LogP contribution in [0.25, 0.3) is 34.0 Å². The van der Waals surface area contributed by atoms with Gasteiger partial charge in [0.1, 0.15) is 47.5 Å². The third kappa shape index (κ3) is 22.5. The first-order valence-corrected chi connectivity index (χ1v) is 34.0. The molecule has 0 aliphatic heterocycles. The molecule has 1 aliphatic rings. The number of carbonyl (C=O) groups is 9. The number of aromatic nitrogens is 2. The third-order valence-electron chi connectivity index (χ3n) is 17.0. The number of H-pyrrole nitrogens is 2. The number of nitrogens with one attached hydrogen (secondary N) is 16. The lowest BCUT2D eigenvalue weighted by atomic mass is 9.98. The number of aromatic amines is 2. The second-order valence-electron chi connectivity index (χ2n) is 24.6. The van der Waals surface area contributed by atoms with Gasteiger partial charge in [-0.15, -0.1) is 0 Å². The van der Waals surface area contributed by atoms with Crippen molar-refractivity contribution in [1.82, 2.24) is 52.5 Å². The molecule has 0 saturated carbocycles. The van der Waals surface area contributed by atoms with Gasteiger partial charge in [-0.05, 0) is 129 Å². The van der Waals surface area contributed by atoms with Crippen molar-refractivity contribution in [3.8, 4) is 17.2 Å². The number of guanidine groups is 3. The number of hydrogen-bond acceptors (Lipinski definition) is 17. The fourth-order valence-electron chi connectivity index (χ4n) is 11.5. The smallest absolute Gasteiger partial charge is 0.330 e. The number of carboxylic acids is 1. The maximum Gasteiger partial charge on any atom is 0.330 e. The number of methoxy groups -OCH3 is 4. The lowest BCUT2D eigenvalue weighted by molar-refractivity contribution is -0.140. The SMILES string of the molecule is COc1ccc(NC(=O)[C@@H](CCCNC(=N)N)NC(=O)c2cc(NC(=O)[C@@H](CCCNC(=N)N)NC(=O)c3cc(NC(=O)C(N)/C=C/c4c[nH]c5ccccc45)ccc3OC)ccc2OC)cc1C(=O)N[C@H](CCCNC(=N)N)C(=O)NC1=CCC(OC)C(C(=O)NC(/C=C/c2c[nH]c3ccccc23)C(=O)O)=C1. The van der Waals surface area contributed by atoms with Gasteiger partial charge in [0.2, 0.25) is 23.6 Å². The minimum absolute atomic E-state index is 0.00706. The van der Waals surface area contributed by atoms with E-state index in [0.29, 0.717) is 5.56 Å². The van der Waals surface area contributed by atoms with E-state index < -0.39 is 89.5 Å². The highest BCUT2D eigenvalue weighted by Crippen LogP contribution is 2.29. The Morgan fingerprint density at radius 2 is 0.907 bits per heavy atom. The van der Waals surface area contributed by atoms with Gasteiger partial charge in [-0.25, -0.2) is 4.79 Å². The first-order valence-electron chi connectivity index (χ1n) is 34.0. The zero-order valence-corrected chi connectivity index (χ0v) is 59.5. The van der Waals surface area contributed by atoms with Crippen LogP contribution in [0.5, 0.6) is 17.2 Å². The van der Waals surface area contributed by atoms with Gasteiger partial charge < -0.3 is 115 Å². The van der Waals surface area contributed by atoms with E-state index in [1.54, 1.807) is 30.6 Å². The van der Waals surface area contributed by atoms with Crippen molar-refractivity contribution in [2.75, 3.05) is 64.0 Å². The molecular weight excluding hydrogens is 1390 g/mol. The summed E-state index contributed by atoms with van der Waals surface area (Å²) >= 11 is 0. The van der Waals surface area contributed by atoms with Gasteiger partial charge in [0, 0.05) is 89.3 Å². The van der Waals surface area contributed by atoms with E-state index in [2.05, 4.69) is 68.5 Å². The van der Waals surface area contributed by atoms with Crippen LogP contribution in [0.3, 0.4) is 0 Å². The summed E-state index contributed by atoms with van der Waals surface area (Å²) in [6.45, 7) is 0.352. The number of fused-ring (bicyclic) bond motifs is 2. The molecule has 8 rings (SSSR count). The van der Waals surface area contributed by atoms with Gasteiger partial charge in [-0.1, -0.05) is 66.8 Å². The Bertz CT molecular complexity index is 4640. The van der Waals surface area contributed by atoms with Crippen LogP contribution >= 0.6 is 0 Å². The predicted octanol–water partition coefficient (Wildman–Crippen LogP) is 3.64. The molecule has 6 atom stereocenters. The van der Waals surface area contributed by atoms with E-state index in [4.69, 9.17) is 58.1 Å². The van der Waals surface area contributed by atoms with Crippen LogP contribution < -0.4 is 95.6 Å². The molecule has 3 unspecified atom stereocenters. The number of allylic oxidation sites excluding steroid dienone is 1. The van der Waals surface area contributed by atoms with Gasteiger partial charge in [0.05, 0.1) is 44.1 Å². The summed E-state index contributed by atoms with van der Waals surface area (Å²) in [6.07, 6.45) is 12.2. The van der Waals surface area contributed by atoms with Crippen LogP contribution in [0.2, 0.25) is 0 Å². The van der Waals surface area contributed by atoms with Crippen LogP contribution in [0.4, 0.5) is 17.1 Å². The molecule has 0 spiro atoms. The summed E-state index contributed by atoms with van der Waals surface area (Å²) in [5, 5.41) is 64.5. The second-order valence-corrected chi connectivity index (χ2v) is 24.6. The van der Waals surface area contributed by atoms with Gasteiger partial charge in [0.25, 0.3) is 23.6 Å². The van der Waals surface area contributed by atoms with Crippen molar-refractivity contribution in [3.05, 3.63) is 179 Å². The van der Waals surface area contributed by atoms with Crippen molar-refractivity contribution in [2.24, 2.45) is 22.9 Å². The molecule has 0 fully saturated rings. The molecule has 2 heterocycles. The molecule has 7 aromatic rings. The fourth-order valence-corrected chi connectivity index (χ4v) is 11.5. The maximum atomic E-state index is 14.5. The number of carboxylic acid groups (broad SMARTS) is 1. The number of para-hydroxylation sites is 2. The Labute approximate surface area is 619 Å². The van der Waals surface area contributed by atoms with Gasteiger partial charge in [0.15, 0.2) is 17.9 Å². The number of nitrogens with two attached hydrogens (primary N) is 4. The first-order chi connectivity index (χ1) is 51.9. The lowest BCUT2D eigenvalue weighted by Gasteiger charge is -2.25. The summed E-state index contributed by atoms with van der Waals surface area (Å²) in [6, 6.07) is 21.0. The molecular formula is C74H88N20O14. The van der Waals surface area contributed by atoms with Crippen molar-refractivity contribution in [1.29, 1.82) is 16.2 Å². The van der Waals surface area contributed by atoms with Crippen LogP contribution in [0, 0.1) is 16.2 Å². The summed E-state index contributed by atoms with van der Waals surface area (Å²) in [4.78, 5) is 133. The molecule has 568 valence electrons. The largest absolute Gasteiger partial charge is 0.496 e. The molecule has 0 radical (unpaired) electrons. The molecule has 0 saturated heterocycles. The molecule has 8 amide bonds. The summed E-state index contributed by atoms with van der Waals surface area (Å²) in [5.74, 6) is -8.42. The number of carbonyl (C=O) groups excluding carboxylic acids is 8. The van der Waals surface area contributed by atoms with Gasteiger partial charge in [-0.3, -0.25) is 54.6 Å². The number of aliphatic carboxylic acids is 1. The van der Waals surface area contributed by atoms with E-state index in [1.165, 1.54) is 101 Å². The van der Waals surface area contributed by atoms with Crippen molar-refractivity contribution < 1.29 is 67.2 Å². The minimum atomic E-state index is -1.48. The standard InChI is InChI=1S/C74H88N20O14/c1-105-59-27-21-42(87-67(99)52(75)25-19-40-38-85-53-14-7-5-12-46(40)53)34-48(59)63(95)91-55(16-9-31-82-72(76)77)68(100)88-43-22-28-60(106-2)49(35-43)64(96)92-56(17-10-32-83-73(78)79)69(101)89-44-23-29-61(107-3)50(36-44)65(97)93-57(18-11-33-84-74(80)81)70(102)90-45-24-30-62(108-4)51(37-45)66(98)94-58(71(103)104)26-20-41-39-86-54-15-8-6-13-47(41)54/h5-8,12-15,19-29,34-39,52,55-58,62,85-86H,9-11,16-18,30-33,75H2,1-4H3,(H,87,99)(H,88,100)(H,89,101)(H,90,102)(H,91,95)(H,92,96)(H,93,97)(H,94,98)(H,103,104)(H4,76,77,82)(H4,78,79,83)(H4,80,81,84)/b25-19+,26-20+/t52?,55-,56-,57-,58?,62?/m1/s1. The number of ether oxygens (including phenoxy) is 4. The lowest BCUT2D eigenvalue weighted by Crippen LogP contribution is -2.47. The van der Waals surface area contributed by atoms with Crippen LogP contribution in [0.15, 0.2) is 151 Å². The second kappa shape index (κ2) is 38.9. The average Bonchev–Trinajstić information content (AvgIpc) is 1.85. The monoisotopic (exact) mass is 1480 g/mol. The zero-order valence-electron chi connectivity index (χ0n) is 59.5.